The summed E-state index contributed by atoms with van der Waals surface area (Å²) in [5.41, 5.74) is -0.0170. The van der Waals surface area contributed by atoms with Gasteiger partial charge in [0, 0.05) is 5.56 Å². The molecule has 0 aliphatic heterocycles. The molecule has 0 bridgehead atoms. The molecule has 4 heteroatoms. The number of rotatable bonds is 7. The van der Waals surface area contributed by atoms with Gasteiger partial charge in [0.25, 0.3) is 0 Å². The van der Waals surface area contributed by atoms with Crippen LogP contribution in [0.5, 0.6) is 5.75 Å². The lowest BCUT2D eigenvalue weighted by Crippen LogP contribution is -2.38. The van der Waals surface area contributed by atoms with Crippen LogP contribution in [0.3, 0.4) is 0 Å². The van der Waals surface area contributed by atoms with Crippen LogP contribution in [0, 0.1) is 0 Å². The molecule has 0 amide bonds. The van der Waals surface area contributed by atoms with E-state index >= 15 is 0 Å². The van der Waals surface area contributed by atoms with E-state index in [1.165, 1.54) is 0 Å². The Morgan fingerprint density at radius 3 is 2.19 bits per heavy atom. The van der Waals surface area contributed by atoms with Crippen molar-refractivity contribution in [3.8, 4) is 5.75 Å². The molecule has 4 nitrogen and oxygen atoms in total. The van der Waals surface area contributed by atoms with Gasteiger partial charge in [-0.05, 0) is 30.2 Å². The van der Waals surface area contributed by atoms with Crippen molar-refractivity contribution in [1.82, 2.24) is 0 Å². The van der Waals surface area contributed by atoms with Gasteiger partial charge in [0.05, 0.1) is 6.61 Å². The maximum atomic E-state index is 12.6. The molecule has 3 aromatic rings. The maximum absolute atomic E-state index is 12.6. The van der Waals surface area contributed by atoms with Gasteiger partial charge in [0.2, 0.25) is 5.60 Å². The van der Waals surface area contributed by atoms with Gasteiger partial charge in [-0.25, -0.2) is 4.79 Å². The normalized spacial score (nSPS) is 12.8. The number of hydrogen-bond acceptors (Lipinski definition) is 4. The van der Waals surface area contributed by atoms with Crippen LogP contribution >= 0.6 is 0 Å². The van der Waals surface area contributed by atoms with Crippen molar-refractivity contribution >= 4 is 5.97 Å². The number of carbonyl (C=O) groups excluding carboxylic acids is 1. The van der Waals surface area contributed by atoms with Crippen LogP contribution in [0.25, 0.3) is 0 Å². The molecule has 27 heavy (non-hydrogen) atoms. The molecule has 1 unspecified atom stereocenters. The quantitative estimate of drug-likeness (QED) is 0.644. The lowest BCUT2D eigenvalue weighted by atomic mass is 9.86. The van der Waals surface area contributed by atoms with Gasteiger partial charge in [0.1, 0.15) is 12.4 Å². The van der Waals surface area contributed by atoms with Crippen molar-refractivity contribution in [3.63, 3.8) is 0 Å². The molecule has 0 spiro atoms. The Kier molecular flexibility index (Phi) is 5.89. The number of esters is 1. The Morgan fingerprint density at radius 1 is 0.889 bits per heavy atom. The molecule has 0 fully saturated rings. The maximum Gasteiger partial charge on any atom is 0.347 e. The van der Waals surface area contributed by atoms with Crippen LogP contribution in [0.1, 0.15) is 23.6 Å². The Labute approximate surface area is 159 Å². The second kappa shape index (κ2) is 8.52. The highest BCUT2D eigenvalue weighted by molar-refractivity contribution is 5.85. The summed E-state index contributed by atoms with van der Waals surface area (Å²) >= 11 is 0. The van der Waals surface area contributed by atoms with Gasteiger partial charge in [-0.15, -0.1) is 0 Å². The average Bonchev–Trinajstić information content (AvgIpc) is 2.73. The molecule has 1 N–H and O–H groups in total. The van der Waals surface area contributed by atoms with Gasteiger partial charge < -0.3 is 14.6 Å². The van der Waals surface area contributed by atoms with Crippen LogP contribution in [0.15, 0.2) is 84.9 Å². The van der Waals surface area contributed by atoms with Crippen molar-refractivity contribution in [2.45, 2.75) is 19.1 Å². The van der Waals surface area contributed by atoms with Crippen molar-refractivity contribution in [2.24, 2.45) is 0 Å². The Balaban J connectivity index is 1.92. The zero-order chi connectivity index (χ0) is 19.1. The molecule has 1 atom stereocenters. The van der Waals surface area contributed by atoms with Crippen molar-refractivity contribution in [2.75, 3.05) is 6.61 Å². The SMILES string of the molecule is CCOC(=O)C(O)(c1ccccc1)c1cccc(OCc2ccccc2)c1. The minimum Gasteiger partial charge on any atom is -0.489 e. The molecule has 0 radical (unpaired) electrons. The molecule has 138 valence electrons. The largest absolute Gasteiger partial charge is 0.489 e. The van der Waals surface area contributed by atoms with Crippen molar-refractivity contribution in [1.29, 1.82) is 0 Å². The standard InChI is InChI=1S/C23H22O4/c1-2-26-22(24)23(25,19-12-7-4-8-13-19)20-14-9-15-21(16-20)27-17-18-10-5-3-6-11-18/h3-16,25H,2,17H2,1H3. The van der Waals surface area contributed by atoms with Gasteiger partial charge in [0.15, 0.2) is 0 Å². The lowest BCUT2D eigenvalue weighted by Gasteiger charge is -2.27. The fraction of sp³-hybridized carbons (Fsp3) is 0.174. The summed E-state index contributed by atoms with van der Waals surface area (Å²) in [5, 5.41) is 11.3. The first kappa shape index (κ1) is 18.7. The number of aliphatic hydroxyl groups is 1. The summed E-state index contributed by atoms with van der Waals surface area (Å²) in [6.45, 7) is 2.29. The molecular weight excluding hydrogens is 340 g/mol. The van der Waals surface area contributed by atoms with Crippen molar-refractivity contribution < 1.29 is 19.4 Å². The third kappa shape index (κ3) is 4.18. The fourth-order valence-electron chi connectivity index (χ4n) is 2.87. The van der Waals surface area contributed by atoms with Gasteiger partial charge in [-0.3, -0.25) is 0 Å². The first-order valence-electron chi connectivity index (χ1n) is 8.87. The highest BCUT2D eigenvalue weighted by Crippen LogP contribution is 2.33. The third-order valence-electron chi connectivity index (χ3n) is 4.26. The predicted octanol–water partition coefficient (Wildman–Crippen LogP) is 4.06. The molecule has 0 aliphatic carbocycles. The second-order valence-electron chi connectivity index (χ2n) is 6.10. The number of carbonyl (C=O) groups is 1. The third-order valence-corrected chi connectivity index (χ3v) is 4.26. The van der Waals surface area contributed by atoms with E-state index in [9.17, 15) is 9.90 Å². The van der Waals surface area contributed by atoms with Gasteiger partial charge in [-0.1, -0.05) is 72.8 Å². The van der Waals surface area contributed by atoms with Crippen molar-refractivity contribution in [3.05, 3.63) is 102 Å². The summed E-state index contributed by atoms with van der Waals surface area (Å²) in [6, 6.07) is 25.5. The first-order chi connectivity index (χ1) is 13.1. The Hall–Kier alpha value is -3.11. The zero-order valence-corrected chi connectivity index (χ0v) is 15.2. The van der Waals surface area contributed by atoms with E-state index in [4.69, 9.17) is 9.47 Å². The topological polar surface area (TPSA) is 55.8 Å². The summed E-state index contributed by atoms with van der Waals surface area (Å²) < 4.78 is 11.0. The number of ether oxygens (including phenoxy) is 2. The zero-order valence-electron chi connectivity index (χ0n) is 15.2. The van der Waals surface area contributed by atoms with Crippen LogP contribution in [-0.4, -0.2) is 17.7 Å². The number of hydrogen-bond donors (Lipinski definition) is 1. The van der Waals surface area contributed by atoms with E-state index in [0.29, 0.717) is 23.5 Å². The first-order valence-corrected chi connectivity index (χ1v) is 8.87. The van der Waals surface area contributed by atoms with Crippen LogP contribution in [0.4, 0.5) is 0 Å². The molecule has 0 aromatic heterocycles. The molecule has 3 aromatic carbocycles. The molecule has 3 rings (SSSR count). The monoisotopic (exact) mass is 362 g/mol. The molecule has 0 saturated carbocycles. The highest BCUT2D eigenvalue weighted by atomic mass is 16.5. The van der Waals surface area contributed by atoms with E-state index in [1.54, 1.807) is 55.5 Å². The van der Waals surface area contributed by atoms with E-state index < -0.39 is 11.6 Å². The minimum atomic E-state index is -1.90. The van der Waals surface area contributed by atoms with Crippen LogP contribution in [-0.2, 0) is 21.7 Å². The van der Waals surface area contributed by atoms with E-state index in [-0.39, 0.29) is 6.61 Å². The summed E-state index contributed by atoms with van der Waals surface area (Å²) in [6.07, 6.45) is 0. The molecule has 0 aliphatic rings. The summed E-state index contributed by atoms with van der Waals surface area (Å²) in [4.78, 5) is 12.6. The van der Waals surface area contributed by atoms with Crippen LogP contribution in [0.2, 0.25) is 0 Å². The van der Waals surface area contributed by atoms with E-state index in [1.807, 2.05) is 36.4 Å². The van der Waals surface area contributed by atoms with E-state index in [2.05, 4.69) is 0 Å². The van der Waals surface area contributed by atoms with E-state index in [0.717, 1.165) is 5.56 Å². The fourth-order valence-corrected chi connectivity index (χ4v) is 2.87. The second-order valence-corrected chi connectivity index (χ2v) is 6.10. The smallest absolute Gasteiger partial charge is 0.347 e. The molecule has 0 heterocycles. The minimum absolute atomic E-state index is 0.179. The Morgan fingerprint density at radius 2 is 1.52 bits per heavy atom. The summed E-state index contributed by atoms with van der Waals surface area (Å²) in [7, 11) is 0. The average molecular weight is 362 g/mol. The Bertz CT molecular complexity index is 877. The van der Waals surface area contributed by atoms with Crippen LogP contribution < -0.4 is 4.74 Å². The van der Waals surface area contributed by atoms with Gasteiger partial charge in [-0.2, -0.15) is 0 Å². The number of benzene rings is 3. The summed E-state index contributed by atoms with van der Waals surface area (Å²) in [5.74, 6) is -0.147. The highest BCUT2D eigenvalue weighted by Gasteiger charge is 2.41. The molecular formula is C23H22O4. The predicted molar refractivity (Wildman–Crippen MR) is 103 cm³/mol. The van der Waals surface area contributed by atoms with Gasteiger partial charge >= 0.3 is 5.97 Å². The lowest BCUT2D eigenvalue weighted by molar-refractivity contribution is -0.161. The molecule has 0 saturated heterocycles.